The molecular weight excluding hydrogens is 272 g/mol. The van der Waals surface area contributed by atoms with Gasteiger partial charge in [0.05, 0.1) is 6.04 Å². The van der Waals surface area contributed by atoms with Crippen molar-refractivity contribution in [2.45, 2.75) is 26.3 Å². The van der Waals surface area contributed by atoms with Crippen LogP contribution in [0.5, 0.6) is 0 Å². The monoisotopic (exact) mass is 292 g/mol. The van der Waals surface area contributed by atoms with Gasteiger partial charge in [-0.1, -0.05) is 43.3 Å². The highest BCUT2D eigenvalue weighted by molar-refractivity contribution is 5.98. The molecule has 0 saturated carbocycles. The summed E-state index contributed by atoms with van der Waals surface area (Å²) < 4.78 is 0. The van der Waals surface area contributed by atoms with Crippen LogP contribution in [0.3, 0.4) is 0 Å². The summed E-state index contributed by atoms with van der Waals surface area (Å²) in [5, 5.41) is 4.11. The smallest absolute Gasteiger partial charge is 0.268 e. The van der Waals surface area contributed by atoms with E-state index in [0.29, 0.717) is 5.69 Å². The molecule has 2 N–H and O–H groups in total. The normalized spacial score (nSPS) is 12.3. The number of benzene rings is 2. The summed E-state index contributed by atoms with van der Waals surface area (Å²) in [7, 11) is 0. The van der Waals surface area contributed by atoms with Crippen LogP contribution >= 0.6 is 0 Å². The second-order valence-corrected chi connectivity index (χ2v) is 5.56. The van der Waals surface area contributed by atoms with Gasteiger partial charge in [-0.05, 0) is 42.7 Å². The zero-order valence-corrected chi connectivity index (χ0v) is 12.9. The van der Waals surface area contributed by atoms with E-state index >= 15 is 0 Å². The highest BCUT2D eigenvalue weighted by Crippen LogP contribution is 2.19. The van der Waals surface area contributed by atoms with Gasteiger partial charge in [0.15, 0.2) is 0 Å². The number of nitrogens with one attached hydrogen (secondary N) is 2. The van der Waals surface area contributed by atoms with Crippen molar-refractivity contribution < 1.29 is 4.79 Å². The second kappa shape index (κ2) is 6.06. The van der Waals surface area contributed by atoms with Crippen LogP contribution in [0.4, 0.5) is 0 Å². The molecule has 0 fully saturated rings. The molecule has 0 bridgehead atoms. The number of carbonyl (C=O) groups excluding carboxylic acids is 1. The largest absolute Gasteiger partial charge is 0.351 e. The molecule has 22 heavy (non-hydrogen) atoms. The summed E-state index contributed by atoms with van der Waals surface area (Å²) in [4.78, 5) is 15.6. The number of rotatable bonds is 4. The van der Waals surface area contributed by atoms with Crippen molar-refractivity contribution in [3.63, 3.8) is 0 Å². The third kappa shape index (κ3) is 2.89. The van der Waals surface area contributed by atoms with E-state index in [0.717, 1.165) is 22.9 Å². The van der Waals surface area contributed by atoms with Crippen LogP contribution in [0.2, 0.25) is 0 Å². The number of aromatic amines is 1. The Morgan fingerprint density at radius 2 is 1.91 bits per heavy atom. The topological polar surface area (TPSA) is 44.9 Å². The number of aromatic nitrogens is 1. The second-order valence-electron chi connectivity index (χ2n) is 5.56. The fourth-order valence-electron chi connectivity index (χ4n) is 2.62. The van der Waals surface area contributed by atoms with E-state index in [-0.39, 0.29) is 11.9 Å². The minimum Gasteiger partial charge on any atom is -0.351 e. The van der Waals surface area contributed by atoms with E-state index < -0.39 is 0 Å². The standard InChI is InChI=1S/C19H20N2O/c1-3-14-9-10-17-16(11-14)12-18(21-17)19(22)20-13(2)15-7-5-4-6-8-15/h4-13,21H,3H2,1-2H3,(H,20,22)/t13-/m1/s1. The summed E-state index contributed by atoms with van der Waals surface area (Å²) in [6.45, 7) is 4.12. The predicted molar refractivity (Wildman–Crippen MR) is 90.0 cm³/mol. The molecule has 3 heteroatoms. The molecule has 0 radical (unpaired) electrons. The van der Waals surface area contributed by atoms with Crippen molar-refractivity contribution >= 4 is 16.8 Å². The number of fused-ring (bicyclic) bond motifs is 1. The highest BCUT2D eigenvalue weighted by Gasteiger charge is 2.13. The Kier molecular flexibility index (Phi) is 3.96. The molecule has 1 atom stereocenters. The Balaban J connectivity index is 1.80. The fourth-order valence-corrected chi connectivity index (χ4v) is 2.62. The lowest BCUT2D eigenvalue weighted by Gasteiger charge is -2.13. The lowest BCUT2D eigenvalue weighted by Crippen LogP contribution is -2.26. The van der Waals surface area contributed by atoms with Gasteiger partial charge in [0, 0.05) is 10.9 Å². The van der Waals surface area contributed by atoms with Crippen molar-refractivity contribution in [2.24, 2.45) is 0 Å². The number of hydrogen-bond donors (Lipinski definition) is 2. The minimum absolute atomic E-state index is 0.0219. The van der Waals surface area contributed by atoms with Crippen LogP contribution in [0.25, 0.3) is 10.9 Å². The van der Waals surface area contributed by atoms with Gasteiger partial charge >= 0.3 is 0 Å². The van der Waals surface area contributed by atoms with Crippen molar-refractivity contribution in [2.75, 3.05) is 0 Å². The molecule has 1 aromatic heterocycles. The number of aryl methyl sites for hydroxylation is 1. The number of carbonyl (C=O) groups is 1. The van der Waals surface area contributed by atoms with Crippen molar-refractivity contribution in [3.8, 4) is 0 Å². The molecule has 0 aliphatic heterocycles. The zero-order chi connectivity index (χ0) is 15.5. The molecule has 0 saturated heterocycles. The maximum absolute atomic E-state index is 12.4. The van der Waals surface area contributed by atoms with Gasteiger partial charge in [0.1, 0.15) is 5.69 Å². The van der Waals surface area contributed by atoms with Crippen molar-refractivity contribution in [1.82, 2.24) is 10.3 Å². The number of H-pyrrole nitrogens is 1. The first-order valence-corrected chi connectivity index (χ1v) is 7.65. The van der Waals surface area contributed by atoms with E-state index in [2.05, 4.69) is 29.4 Å². The SMILES string of the molecule is CCc1ccc2[nH]c(C(=O)N[C@H](C)c3ccccc3)cc2c1. The van der Waals surface area contributed by atoms with Crippen molar-refractivity contribution in [1.29, 1.82) is 0 Å². The molecular formula is C19H20N2O. The van der Waals surface area contributed by atoms with Gasteiger partial charge in [0.25, 0.3) is 5.91 Å². The molecule has 112 valence electrons. The first-order chi connectivity index (χ1) is 10.7. The first kappa shape index (κ1) is 14.4. The summed E-state index contributed by atoms with van der Waals surface area (Å²) in [6.07, 6.45) is 0.994. The van der Waals surface area contributed by atoms with Gasteiger partial charge in [-0.2, -0.15) is 0 Å². The van der Waals surface area contributed by atoms with Gasteiger partial charge in [-0.3, -0.25) is 4.79 Å². The van der Waals surface area contributed by atoms with Crippen LogP contribution in [-0.2, 0) is 6.42 Å². The predicted octanol–water partition coefficient (Wildman–Crippen LogP) is 4.22. The van der Waals surface area contributed by atoms with Gasteiger partial charge in [0.2, 0.25) is 0 Å². The highest BCUT2D eigenvalue weighted by atomic mass is 16.1. The fraction of sp³-hybridized carbons (Fsp3) is 0.211. The molecule has 1 heterocycles. The van der Waals surface area contributed by atoms with Gasteiger partial charge in [-0.15, -0.1) is 0 Å². The Morgan fingerprint density at radius 3 is 2.64 bits per heavy atom. The Hall–Kier alpha value is -2.55. The van der Waals surface area contributed by atoms with Crippen LogP contribution in [0, 0.1) is 0 Å². The van der Waals surface area contributed by atoms with E-state index in [1.807, 2.05) is 49.4 Å². The Labute approximate surface area is 130 Å². The average Bonchev–Trinajstić information content (AvgIpc) is 2.98. The quantitative estimate of drug-likeness (QED) is 0.743. The van der Waals surface area contributed by atoms with Crippen molar-refractivity contribution in [3.05, 3.63) is 71.4 Å². The average molecular weight is 292 g/mol. The van der Waals surface area contributed by atoms with Crippen LogP contribution in [0.1, 0.15) is 41.5 Å². The van der Waals surface area contributed by atoms with Gasteiger partial charge < -0.3 is 10.3 Å². The van der Waals surface area contributed by atoms with E-state index in [1.54, 1.807) is 0 Å². The third-order valence-electron chi connectivity index (χ3n) is 3.99. The number of amides is 1. The summed E-state index contributed by atoms with van der Waals surface area (Å²) >= 11 is 0. The Bertz CT molecular complexity index is 790. The summed E-state index contributed by atoms with van der Waals surface area (Å²) in [6, 6.07) is 18.1. The molecule has 1 amide bonds. The third-order valence-corrected chi connectivity index (χ3v) is 3.99. The van der Waals surface area contributed by atoms with Gasteiger partial charge in [-0.25, -0.2) is 0 Å². The van der Waals surface area contributed by atoms with Crippen LogP contribution in [-0.4, -0.2) is 10.9 Å². The summed E-state index contributed by atoms with van der Waals surface area (Å²) in [5.74, 6) is -0.0781. The zero-order valence-electron chi connectivity index (χ0n) is 12.9. The minimum atomic E-state index is -0.0781. The molecule has 0 aliphatic carbocycles. The number of hydrogen-bond acceptors (Lipinski definition) is 1. The molecule has 2 aromatic carbocycles. The molecule has 0 spiro atoms. The first-order valence-electron chi connectivity index (χ1n) is 7.65. The Morgan fingerprint density at radius 1 is 1.14 bits per heavy atom. The van der Waals surface area contributed by atoms with E-state index in [4.69, 9.17) is 0 Å². The van der Waals surface area contributed by atoms with E-state index in [1.165, 1.54) is 5.56 Å². The maximum atomic E-state index is 12.4. The molecule has 0 aliphatic rings. The lowest BCUT2D eigenvalue weighted by atomic mass is 10.1. The maximum Gasteiger partial charge on any atom is 0.268 e. The summed E-state index contributed by atoms with van der Waals surface area (Å²) in [5.41, 5.74) is 3.97. The van der Waals surface area contributed by atoms with E-state index in [9.17, 15) is 4.79 Å². The van der Waals surface area contributed by atoms with Crippen LogP contribution < -0.4 is 5.32 Å². The molecule has 3 aromatic rings. The molecule has 0 unspecified atom stereocenters. The lowest BCUT2D eigenvalue weighted by molar-refractivity contribution is 0.0935. The molecule has 3 rings (SSSR count). The molecule has 3 nitrogen and oxygen atoms in total. The van der Waals surface area contributed by atoms with Crippen LogP contribution in [0.15, 0.2) is 54.6 Å².